The van der Waals surface area contributed by atoms with Gasteiger partial charge >= 0.3 is 0 Å². The van der Waals surface area contributed by atoms with Gasteiger partial charge in [0.25, 0.3) is 0 Å². The van der Waals surface area contributed by atoms with Crippen molar-refractivity contribution in [3.05, 3.63) is 29.8 Å². The van der Waals surface area contributed by atoms with E-state index in [2.05, 4.69) is 10.6 Å². The predicted octanol–water partition coefficient (Wildman–Crippen LogP) is 1.58. The van der Waals surface area contributed by atoms with Crippen LogP contribution in [-0.4, -0.2) is 23.6 Å². The van der Waals surface area contributed by atoms with Crippen LogP contribution in [-0.2, 0) is 4.79 Å². The Morgan fingerprint density at radius 1 is 1.47 bits per heavy atom. The Balaban J connectivity index is 0.00000144. The van der Waals surface area contributed by atoms with Crippen LogP contribution in [0.3, 0.4) is 0 Å². The van der Waals surface area contributed by atoms with Crippen molar-refractivity contribution in [3.8, 4) is 6.07 Å². The lowest BCUT2D eigenvalue weighted by atomic mass is 10.2. The molecule has 1 aliphatic rings. The van der Waals surface area contributed by atoms with Gasteiger partial charge < -0.3 is 5.32 Å². The molecule has 1 aromatic rings. The second kappa shape index (κ2) is 6.50. The second-order valence-corrected chi connectivity index (χ2v) is 4.48. The van der Waals surface area contributed by atoms with Gasteiger partial charge in [-0.05, 0) is 24.3 Å². The Morgan fingerprint density at radius 2 is 2.18 bits per heavy atom. The number of nitrogens with zero attached hydrogens (tertiary/aromatic N) is 1. The molecule has 2 rings (SSSR count). The Morgan fingerprint density at radius 3 is 2.71 bits per heavy atom. The summed E-state index contributed by atoms with van der Waals surface area (Å²) in [6.07, 6.45) is 0. The summed E-state index contributed by atoms with van der Waals surface area (Å²) < 4.78 is 0. The molecule has 0 aliphatic carbocycles. The fraction of sp³-hybridized carbons (Fsp3) is 0.273. The topological polar surface area (TPSA) is 64.9 Å². The summed E-state index contributed by atoms with van der Waals surface area (Å²) in [6, 6.07) is 8.77. The molecule has 2 N–H and O–H groups in total. The molecule has 0 spiro atoms. The van der Waals surface area contributed by atoms with Crippen LogP contribution >= 0.6 is 24.2 Å². The highest BCUT2D eigenvalue weighted by Crippen LogP contribution is 2.13. The number of hydrogen-bond acceptors (Lipinski definition) is 4. The van der Waals surface area contributed by atoms with Crippen LogP contribution in [0.25, 0.3) is 0 Å². The summed E-state index contributed by atoms with van der Waals surface area (Å²) in [5.41, 5.74) is 1.32. The Labute approximate surface area is 110 Å². The monoisotopic (exact) mass is 269 g/mol. The molecule has 17 heavy (non-hydrogen) atoms. The summed E-state index contributed by atoms with van der Waals surface area (Å²) in [6.45, 7) is 0. The van der Waals surface area contributed by atoms with Crippen molar-refractivity contribution < 1.29 is 4.79 Å². The molecule has 0 aromatic heterocycles. The third-order valence-corrected chi connectivity index (χ3v) is 3.25. The van der Waals surface area contributed by atoms with E-state index >= 15 is 0 Å². The quantitative estimate of drug-likeness (QED) is 0.856. The first-order valence-electron chi connectivity index (χ1n) is 4.92. The maximum absolute atomic E-state index is 11.7. The number of nitriles is 1. The van der Waals surface area contributed by atoms with Crippen LogP contribution in [0.2, 0.25) is 0 Å². The minimum Gasteiger partial charge on any atom is -0.325 e. The lowest BCUT2D eigenvalue weighted by molar-refractivity contribution is -0.117. The van der Waals surface area contributed by atoms with Crippen molar-refractivity contribution >= 4 is 35.8 Å². The van der Waals surface area contributed by atoms with E-state index in [0.29, 0.717) is 5.56 Å². The van der Waals surface area contributed by atoms with Gasteiger partial charge in [0.2, 0.25) is 5.91 Å². The summed E-state index contributed by atoms with van der Waals surface area (Å²) >= 11 is 1.71. The van der Waals surface area contributed by atoms with Crippen LogP contribution in [0, 0.1) is 11.3 Å². The molecular formula is C11H12ClN3OS. The average Bonchev–Trinajstić information content (AvgIpc) is 2.83. The van der Waals surface area contributed by atoms with Crippen LogP contribution in [0.4, 0.5) is 5.69 Å². The number of anilines is 1. The standard InChI is InChI=1S/C11H11N3OS.ClH/c12-5-8-1-3-9(4-2-8)14-11(15)10-6-16-7-13-10;/h1-4,10,13H,6-7H2,(H,14,15);1H. The third kappa shape index (κ3) is 3.63. The van der Waals surface area contributed by atoms with E-state index in [1.165, 1.54) is 0 Å². The lowest BCUT2D eigenvalue weighted by Gasteiger charge is -2.10. The fourth-order valence-electron chi connectivity index (χ4n) is 1.42. The van der Waals surface area contributed by atoms with Crippen molar-refractivity contribution in [1.29, 1.82) is 5.26 Å². The average molecular weight is 270 g/mol. The second-order valence-electron chi connectivity index (χ2n) is 3.45. The summed E-state index contributed by atoms with van der Waals surface area (Å²) in [5.74, 6) is 1.61. The minimum absolute atomic E-state index is 0. The Hall–Kier alpha value is -1.22. The van der Waals surface area contributed by atoms with Gasteiger partial charge in [-0.3, -0.25) is 10.1 Å². The van der Waals surface area contributed by atoms with Crippen LogP contribution in [0.5, 0.6) is 0 Å². The van der Waals surface area contributed by atoms with E-state index in [1.54, 1.807) is 36.0 Å². The number of benzene rings is 1. The maximum Gasteiger partial charge on any atom is 0.242 e. The van der Waals surface area contributed by atoms with Gasteiger partial charge in [0, 0.05) is 17.3 Å². The highest BCUT2D eigenvalue weighted by Gasteiger charge is 2.22. The molecule has 1 saturated heterocycles. The first kappa shape index (κ1) is 13.8. The van der Waals surface area contributed by atoms with E-state index in [1.807, 2.05) is 6.07 Å². The number of nitrogens with one attached hydrogen (secondary N) is 2. The maximum atomic E-state index is 11.7. The molecule has 0 bridgehead atoms. The largest absolute Gasteiger partial charge is 0.325 e. The number of hydrogen-bond donors (Lipinski definition) is 2. The molecule has 1 aliphatic heterocycles. The van der Waals surface area contributed by atoms with Crippen molar-refractivity contribution in [1.82, 2.24) is 5.32 Å². The molecule has 1 unspecified atom stereocenters. The molecule has 0 radical (unpaired) electrons. The van der Waals surface area contributed by atoms with Gasteiger partial charge in [0.15, 0.2) is 0 Å². The predicted molar refractivity (Wildman–Crippen MR) is 71.3 cm³/mol. The summed E-state index contributed by atoms with van der Waals surface area (Å²) in [5, 5.41) is 14.5. The zero-order chi connectivity index (χ0) is 11.4. The van der Waals surface area contributed by atoms with Gasteiger partial charge in [-0.15, -0.1) is 24.2 Å². The lowest BCUT2D eigenvalue weighted by Crippen LogP contribution is -2.37. The molecule has 90 valence electrons. The van der Waals surface area contributed by atoms with E-state index in [9.17, 15) is 4.79 Å². The summed E-state index contributed by atoms with van der Waals surface area (Å²) in [7, 11) is 0. The highest BCUT2D eigenvalue weighted by molar-refractivity contribution is 7.99. The molecule has 4 nitrogen and oxygen atoms in total. The van der Waals surface area contributed by atoms with Crippen LogP contribution in [0.1, 0.15) is 5.56 Å². The van der Waals surface area contributed by atoms with Gasteiger partial charge in [0.05, 0.1) is 17.7 Å². The first-order chi connectivity index (χ1) is 7.79. The molecule has 1 fully saturated rings. The number of carbonyl (C=O) groups is 1. The van der Waals surface area contributed by atoms with E-state index in [0.717, 1.165) is 17.3 Å². The zero-order valence-electron chi connectivity index (χ0n) is 8.97. The van der Waals surface area contributed by atoms with E-state index in [-0.39, 0.29) is 24.4 Å². The number of rotatable bonds is 2. The van der Waals surface area contributed by atoms with Crippen molar-refractivity contribution in [2.75, 3.05) is 16.9 Å². The van der Waals surface area contributed by atoms with Crippen LogP contribution < -0.4 is 10.6 Å². The van der Waals surface area contributed by atoms with Gasteiger partial charge in [-0.1, -0.05) is 0 Å². The van der Waals surface area contributed by atoms with Gasteiger partial charge in [-0.2, -0.15) is 5.26 Å². The highest BCUT2D eigenvalue weighted by atomic mass is 35.5. The third-order valence-electron chi connectivity index (χ3n) is 2.31. The number of amides is 1. The Kier molecular flexibility index (Phi) is 5.29. The molecule has 6 heteroatoms. The Bertz CT molecular complexity index is 423. The van der Waals surface area contributed by atoms with Gasteiger partial charge in [-0.25, -0.2) is 0 Å². The number of thioether (sulfide) groups is 1. The molecule has 0 saturated carbocycles. The molecule has 1 aromatic carbocycles. The SMILES string of the molecule is Cl.N#Cc1ccc(NC(=O)C2CSCN2)cc1. The summed E-state index contributed by atoms with van der Waals surface area (Å²) in [4.78, 5) is 11.7. The van der Waals surface area contributed by atoms with E-state index < -0.39 is 0 Å². The van der Waals surface area contributed by atoms with E-state index in [4.69, 9.17) is 5.26 Å². The molecule has 1 atom stereocenters. The zero-order valence-corrected chi connectivity index (χ0v) is 10.6. The minimum atomic E-state index is -0.111. The molecule has 1 amide bonds. The number of halogens is 1. The first-order valence-corrected chi connectivity index (χ1v) is 6.07. The molecular weight excluding hydrogens is 258 g/mol. The normalized spacial score (nSPS) is 17.9. The van der Waals surface area contributed by atoms with Crippen molar-refractivity contribution in [3.63, 3.8) is 0 Å². The van der Waals surface area contributed by atoms with Gasteiger partial charge in [0.1, 0.15) is 0 Å². The van der Waals surface area contributed by atoms with Crippen molar-refractivity contribution in [2.45, 2.75) is 6.04 Å². The molecule has 1 heterocycles. The van der Waals surface area contributed by atoms with Crippen LogP contribution in [0.15, 0.2) is 24.3 Å². The van der Waals surface area contributed by atoms with Crippen molar-refractivity contribution in [2.24, 2.45) is 0 Å². The number of carbonyl (C=O) groups excluding carboxylic acids is 1. The smallest absolute Gasteiger partial charge is 0.242 e. The fourth-order valence-corrected chi connectivity index (χ4v) is 2.36.